The van der Waals surface area contributed by atoms with Crippen LogP contribution in [0.15, 0.2) is 24.3 Å². The second-order valence-electron chi connectivity index (χ2n) is 10.00. The molecule has 0 bridgehead atoms. The van der Waals surface area contributed by atoms with E-state index >= 15 is 0 Å². The second kappa shape index (κ2) is 9.97. The minimum atomic E-state index is -0.122. The van der Waals surface area contributed by atoms with E-state index in [0.717, 1.165) is 44.1 Å². The fraction of sp³-hybridized carbons (Fsp3) is 0.720. The third-order valence-electron chi connectivity index (χ3n) is 6.90. The van der Waals surface area contributed by atoms with Gasteiger partial charge in [0.2, 0.25) is 0 Å². The molecule has 1 heterocycles. The highest BCUT2D eigenvalue weighted by atomic mass is 16.5. The minimum Gasteiger partial charge on any atom is -0.490 e. The number of hydrogen-bond donors (Lipinski definition) is 0. The van der Waals surface area contributed by atoms with E-state index in [4.69, 9.17) is 9.47 Å². The van der Waals surface area contributed by atoms with Gasteiger partial charge in [0.15, 0.2) is 0 Å². The van der Waals surface area contributed by atoms with Crippen molar-refractivity contribution in [1.82, 2.24) is 4.90 Å². The molecule has 1 aliphatic carbocycles. The van der Waals surface area contributed by atoms with Crippen LogP contribution in [-0.4, -0.2) is 43.7 Å². The Kier molecular flexibility index (Phi) is 7.61. The number of ether oxygens (including phenoxy) is 2. The predicted octanol–water partition coefficient (Wildman–Crippen LogP) is 5.41. The molecule has 29 heavy (non-hydrogen) atoms. The molecule has 1 unspecified atom stereocenters. The van der Waals surface area contributed by atoms with Crippen LogP contribution in [0, 0.1) is 11.3 Å². The second-order valence-corrected chi connectivity index (χ2v) is 10.00. The molecule has 1 aliphatic heterocycles. The molecular formula is C25H39NO3. The van der Waals surface area contributed by atoms with Crippen molar-refractivity contribution in [2.24, 2.45) is 11.3 Å². The number of nitrogens with zero attached hydrogens (tertiary/aromatic N) is 1. The van der Waals surface area contributed by atoms with Crippen LogP contribution in [-0.2, 0) is 9.53 Å². The number of likely N-dealkylation sites (tertiary alicyclic amines) is 1. The molecule has 1 aromatic rings. The van der Waals surface area contributed by atoms with Gasteiger partial charge in [-0.2, -0.15) is 0 Å². The first kappa shape index (κ1) is 22.1. The fourth-order valence-corrected chi connectivity index (χ4v) is 4.96. The van der Waals surface area contributed by atoms with Gasteiger partial charge in [0.1, 0.15) is 5.75 Å². The first-order chi connectivity index (χ1) is 13.8. The molecule has 2 fully saturated rings. The maximum Gasteiger partial charge on any atom is 0.306 e. The van der Waals surface area contributed by atoms with E-state index in [1.807, 2.05) is 0 Å². The van der Waals surface area contributed by atoms with Gasteiger partial charge in [-0.1, -0.05) is 32.9 Å². The molecule has 2 aliphatic rings. The van der Waals surface area contributed by atoms with Crippen LogP contribution in [0.5, 0.6) is 5.75 Å². The standard InChI is InChI=1S/C25H39NO3/c1-25(2,3)21-10-12-22(13-11-21)29-23-9-5-7-19(17-23)20-8-6-15-26(18-20)16-14-24(27)28-4/h5,7,9,17,20-22H,6,8,10-16,18H2,1-4H3. The number of carbonyl (C=O) groups is 1. The van der Waals surface area contributed by atoms with E-state index in [-0.39, 0.29) is 5.97 Å². The van der Waals surface area contributed by atoms with Crippen LogP contribution in [0.1, 0.15) is 77.2 Å². The van der Waals surface area contributed by atoms with Crippen molar-refractivity contribution >= 4 is 5.97 Å². The van der Waals surface area contributed by atoms with Crippen LogP contribution in [0.3, 0.4) is 0 Å². The summed E-state index contributed by atoms with van der Waals surface area (Å²) < 4.78 is 11.2. The first-order valence-electron chi connectivity index (χ1n) is 11.4. The summed E-state index contributed by atoms with van der Waals surface area (Å²) in [6.07, 6.45) is 8.07. The number of benzene rings is 1. The summed E-state index contributed by atoms with van der Waals surface area (Å²) in [7, 11) is 1.46. The largest absolute Gasteiger partial charge is 0.490 e. The minimum absolute atomic E-state index is 0.122. The van der Waals surface area contributed by atoms with Crippen molar-refractivity contribution in [3.05, 3.63) is 29.8 Å². The Morgan fingerprint density at radius 3 is 2.59 bits per heavy atom. The molecule has 1 saturated carbocycles. The molecule has 0 aromatic heterocycles. The van der Waals surface area contributed by atoms with Gasteiger partial charge in [0.25, 0.3) is 0 Å². The third-order valence-corrected chi connectivity index (χ3v) is 6.90. The van der Waals surface area contributed by atoms with E-state index < -0.39 is 0 Å². The maximum atomic E-state index is 11.4. The Balaban J connectivity index is 1.53. The number of rotatable bonds is 6. The molecule has 4 nitrogen and oxygen atoms in total. The summed E-state index contributed by atoms with van der Waals surface area (Å²) in [6, 6.07) is 8.73. The third kappa shape index (κ3) is 6.47. The van der Waals surface area contributed by atoms with E-state index in [9.17, 15) is 4.79 Å². The molecule has 162 valence electrons. The van der Waals surface area contributed by atoms with Gasteiger partial charge >= 0.3 is 5.97 Å². The van der Waals surface area contributed by atoms with Gasteiger partial charge < -0.3 is 14.4 Å². The molecule has 0 amide bonds. The average Bonchev–Trinajstić information content (AvgIpc) is 2.72. The van der Waals surface area contributed by atoms with Crippen LogP contribution < -0.4 is 4.74 Å². The van der Waals surface area contributed by atoms with Gasteiger partial charge in [-0.15, -0.1) is 0 Å². The van der Waals surface area contributed by atoms with E-state index in [1.165, 1.54) is 38.4 Å². The molecule has 0 N–H and O–H groups in total. The molecule has 4 heteroatoms. The zero-order chi connectivity index (χ0) is 20.9. The van der Waals surface area contributed by atoms with Gasteiger partial charge in [-0.3, -0.25) is 4.79 Å². The average molecular weight is 402 g/mol. The quantitative estimate of drug-likeness (QED) is 0.597. The van der Waals surface area contributed by atoms with E-state index in [1.54, 1.807) is 0 Å². The van der Waals surface area contributed by atoms with Crippen molar-refractivity contribution in [2.75, 3.05) is 26.7 Å². The molecule has 1 saturated heterocycles. The lowest BCUT2D eigenvalue weighted by Gasteiger charge is -2.37. The summed E-state index contributed by atoms with van der Waals surface area (Å²) >= 11 is 0. The van der Waals surface area contributed by atoms with Gasteiger partial charge in [-0.25, -0.2) is 0 Å². The van der Waals surface area contributed by atoms with Crippen LogP contribution in [0.4, 0.5) is 0 Å². The Hall–Kier alpha value is -1.55. The molecule has 0 spiro atoms. The molecule has 1 aromatic carbocycles. The van der Waals surface area contributed by atoms with Crippen LogP contribution in [0.25, 0.3) is 0 Å². The molecule has 1 atom stereocenters. The Bertz CT molecular complexity index is 658. The summed E-state index contributed by atoms with van der Waals surface area (Å²) in [5, 5.41) is 0. The maximum absolute atomic E-state index is 11.4. The zero-order valence-electron chi connectivity index (χ0n) is 18.8. The number of piperidine rings is 1. The number of hydrogen-bond acceptors (Lipinski definition) is 4. The normalized spacial score (nSPS) is 26.1. The Morgan fingerprint density at radius 2 is 1.90 bits per heavy atom. The van der Waals surface area contributed by atoms with Crippen LogP contribution >= 0.6 is 0 Å². The summed E-state index contributed by atoms with van der Waals surface area (Å²) in [5.41, 5.74) is 1.78. The highest BCUT2D eigenvalue weighted by Crippen LogP contribution is 2.39. The van der Waals surface area contributed by atoms with Crippen molar-refractivity contribution in [1.29, 1.82) is 0 Å². The lowest BCUT2D eigenvalue weighted by molar-refractivity contribution is -0.141. The monoisotopic (exact) mass is 401 g/mol. The lowest BCUT2D eigenvalue weighted by atomic mass is 9.72. The van der Waals surface area contributed by atoms with Crippen molar-refractivity contribution in [3.63, 3.8) is 0 Å². The summed E-state index contributed by atoms with van der Waals surface area (Å²) in [4.78, 5) is 13.8. The molecule has 3 rings (SSSR count). The van der Waals surface area contributed by atoms with Crippen molar-refractivity contribution in [3.8, 4) is 5.75 Å². The fourth-order valence-electron chi connectivity index (χ4n) is 4.96. The van der Waals surface area contributed by atoms with Gasteiger partial charge in [-0.05, 0) is 80.0 Å². The first-order valence-corrected chi connectivity index (χ1v) is 11.4. The van der Waals surface area contributed by atoms with E-state index in [0.29, 0.717) is 23.9 Å². The summed E-state index contributed by atoms with van der Waals surface area (Å²) in [6.45, 7) is 9.96. The predicted molar refractivity (Wildman–Crippen MR) is 117 cm³/mol. The number of esters is 1. The lowest BCUT2D eigenvalue weighted by Crippen LogP contribution is -2.36. The Labute approximate surface area is 177 Å². The topological polar surface area (TPSA) is 38.8 Å². The number of carbonyl (C=O) groups excluding carboxylic acids is 1. The zero-order valence-corrected chi connectivity index (χ0v) is 18.8. The highest BCUT2D eigenvalue weighted by Gasteiger charge is 2.30. The highest BCUT2D eigenvalue weighted by molar-refractivity contribution is 5.69. The number of methoxy groups -OCH3 is 1. The Morgan fingerprint density at radius 1 is 1.14 bits per heavy atom. The van der Waals surface area contributed by atoms with E-state index in [2.05, 4.69) is 49.9 Å². The van der Waals surface area contributed by atoms with Crippen LogP contribution in [0.2, 0.25) is 0 Å². The van der Waals surface area contributed by atoms with Gasteiger partial charge in [0.05, 0.1) is 19.6 Å². The van der Waals surface area contributed by atoms with Gasteiger partial charge in [0, 0.05) is 13.1 Å². The van der Waals surface area contributed by atoms with Crippen molar-refractivity contribution < 1.29 is 14.3 Å². The van der Waals surface area contributed by atoms with Crippen molar-refractivity contribution in [2.45, 2.75) is 77.7 Å². The SMILES string of the molecule is COC(=O)CCN1CCCC(c2cccc(OC3CCC(C(C)(C)C)CC3)c2)C1. The summed E-state index contributed by atoms with van der Waals surface area (Å²) in [5.74, 6) is 2.23. The molecular weight excluding hydrogens is 362 g/mol. The smallest absolute Gasteiger partial charge is 0.306 e. The molecule has 0 radical (unpaired) electrons.